The second-order valence-electron chi connectivity index (χ2n) is 5.22. The third kappa shape index (κ3) is 2.29. The zero-order valence-electron chi connectivity index (χ0n) is 11.0. The van der Waals surface area contributed by atoms with Crippen molar-refractivity contribution in [3.05, 3.63) is 10.6 Å². The minimum absolute atomic E-state index is 0.132. The maximum absolute atomic E-state index is 11.5. The van der Waals surface area contributed by atoms with Crippen LogP contribution < -0.4 is 4.90 Å². The van der Waals surface area contributed by atoms with Gasteiger partial charge in [-0.15, -0.1) is 0 Å². The van der Waals surface area contributed by atoms with E-state index < -0.39 is 0 Å². The summed E-state index contributed by atoms with van der Waals surface area (Å²) in [6.45, 7) is 7.91. The fraction of sp³-hybridized carbons (Fsp3) is 0.692. The monoisotopic (exact) mass is 265 g/mol. The van der Waals surface area contributed by atoms with E-state index in [0.717, 1.165) is 47.9 Å². The highest BCUT2D eigenvalue weighted by Gasteiger charge is 2.31. The summed E-state index contributed by atoms with van der Waals surface area (Å²) in [4.78, 5) is 21.7. The molecule has 1 saturated carbocycles. The molecular formula is C13H19N3OS. The predicted molar refractivity (Wildman–Crippen MR) is 73.7 cm³/mol. The molecule has 1 saturated heterocycles. The summed E-state index contributed by atoms with van der Waals surface area (Å²) >= 11 is 1.55. The predicted octanol–water partition coefficient (Wildman–Crippen LogP) is 1.94. The zero-order valence-corrected chi connectivity index (χ0v) is 11.8. The number of carbonyl (C=O) groups excluding carboxylic acids is 1. The van der Waals surface area contributed by atoms with Crippen LogP contribution in [0, 0.1) is 6.92 Å². The summed E-state index contributed by atoms with van der Waals surface area (Å²) in [7, 11) is 0. The van der Waals surface area contributed by atoms with Gasteiger partial charge in [0.25, 0.3) is 0 Å². The van der Waals surface area contributed by atoms with Gasteiger partial charge in [-0.3, -0.25) is 9.69 Å². The molecule has 1 aromatic rings. The number of Topliss-reactive ketones (excluding diaryl/α,β-unsaturated/α-hetero) is 1. The number of aryl methyl sites for hydroxylation is 1. The third-order valence-electron chi connectivity index (χ3n) is 3.75. The van der Waals surface area contributed by atoms with Crippen molar-refractivity contribution >= 4 is 22.3 Å². The lowest BCUT2D eigenvalue weighted by atomic mass is 10.3. The number of hydrogen-bond donors (Lipinski definition) is 0. The van der Waals surface area contributed by atoms with Gasteiger partial charge in [-0.2, -0.15) is 0 Å². The van der Waals surface area contributed by atoms with Gasteiger partial charge in [-0.25, -0.2) is 4.98 Å². The normalized spacial score (nSPS) is 21.3. The van der Waals surface area contributed by atoms with Crippen molar-refractivity contribution in [3.8, 4) is 0 Å². The van der Waals surface area contributed by atoms with E-state index in [1.165, 1.54) is 12.8 Å². The number of nitrogens with zero attached hydrogens (tertiary/aromatic N) is 3. The van der Waals surface area contributed by atoms with Crippen LogP contribution in [0.4, 0.5) is 5.13 Å². The Hall–Kier alpha value is -0.940. The van der Waals surface area contributed by atoms with Crippen molar-refractivity contribution in [2.75, 3.05) is 31.1 Å². The number of rotatable bonds is 3. The average Bonchev–Trinajstić information content (AvgIpc) is 3.12. The molecule has 98 valence electrons. The Morgan fingerprint density at radius 2 is 1.94 bits per heavy atom. The van der Waals surface area contributed by atoms with Crippen LogP contribution in [0.2, 0.25) is 0 Å². The first-order valence-corrected chi connectivity index (χ1v) is 7.44. The SMILES string of the molecule is CC(=O)c1sc(N2CCN(C3CC3)CC2)nc1C. The van der Waals surface area contributed by atoms with Crippen molar-refractivity contribution in [3.63, 3.8) is 0 Å². The van der Waals surface area contributed by atoms with Gasteiger partial charge < -0.3 is 4.90 Å². The Kier molecular flexibility index (Phi) is 3.11. The quantitative estimate of drug-likeness (QED) is 0.783. The van der Waals surface area contributed by atoms with Gasteiger partial charge in [0.05, 0.1) is 10.6 Å². The van der Waals surface area contributed by atoms with Gasteiger partial charge in [0.2, 0.25) is 0 Å². The summed E-state index contributed by atoms with van der Waals surface area (Å²) in [5, 5.41) is 1.02. The minimum Gasteiger partial charge on any atom is -0.346 e. The number of hydrogen-bond acceptors (Lipinski definition) is 5. The van der Waals surface area contributed by atoms with Crippen molar-refractivity contribution in [1.29, 1.82) is 0 Å². The van der Waals surface area contributed by atoms with Crippen LogP contribution in [0.15, 0.2) is 0 Å². The molecule has 0 aromatic carbocycles. The molecule has 0 spiro atoms. The fourth-order valence-corrected chi connectivity index (χ4v) is 3.58. The highest BCUT2D eigenvalue weighted by molar-refractivity contribution is 7.17. The molecule has 0 N–H and O–H groups in total. The number of aromatic nitrogens is 1. The number of anilines is 1. The minimum atomic E-state index is 0.132. The molecule has 0 atom stereocenters. The Bertz CT molecular complexity index is 459. The summed E-state index contributed by atoms with van der Waals surface area (Å²) in [6.07, 6.45) is 2.76. The second-order valence-corrected chi connectivity index (χ2v) is 6.20. The molecule has 2 aliphatic rings. The summed E-state index contributed by atoms with van der Waals surface area (Å²) in [5.41, 5.74) is 0.882. The van der Waals surface area contributed by atoms with E-state index in [1.807, 2.05) is 6.92 Å². The molecule has 1 aliphatic carbocycles. The van der Waals surface area contributed by atoms with Crippen molar-refractivity contribution in [1.82, 2.24) is 9.88 Å². The first kappa shape index (κ1) is 12.1. The van der Waals surface area contributed by atoms with Crippen LogP contribution in [-0.4, -0.2) is 47.9 Å². The lowest BCUT2D eigenvalue weighted by Gasteiger charge is -2.34. The molecule has 18 heavy (non-hydrogen) atoms. The third-order valence-corrected chi connectivity index (χ3v) is 5.07. The number of piperazine rings is 1. The Morgan fingerprint density at radius 1 is 1.28 bits per heavy atom. The Balaban J connectivity index is 1.68. The summed E-state index contributed by atoms with van der Waals surface area (Å²) in [6, 6.07) is 0.859. The van der Waals surface area contributed by atoms with Gasteiger partial charge >= 0.3 is 0 Å². The smallest absolute Gasteiger partial charge is 0.186 e. The Morgan fingerprint density at radius 3 is 2.44 bits per heavy atom. The highest BCUT2D eigenvalue weighted by Crippen LogP contribution is 2.30. The molecule has 0 unspecified atom stereocenters. The summed E-state index contributed by atoms with van der Waals surface area (Å²) < 4.78 is 0. The van der Waals surface area contributed by atoms with Crippen LogP contribution in [-0.2, 0) is 0 Å². The topological polar surface area (TPSA) is 36.4 Å². The lowest BCUT2D eigenvalue weighted by molar-refractivity contribution is 0.102. The lowest BCUT2D eigenvalue weighted by Crippen LogP contribution is -2.47. The number of ketones is 1. The van der Waals surface area contributed by atoms with Gasteiger partial charge in [0, 0.05) is 39.1 Å². The number of thiazole rings is 1. The van der Waals surface area contributed by atoms with Crippen LogP contribution in [0.3, 0.4) is 0 Å². The molecule has 2 fully saturated rings. The van der Waals surface area contributed by atoms with Crippen molar-refractivity contribution < 1.29 is 4.79 Å². The van der Waals surface area contributed by atoms with Crippen LogP contribution in [0.1, 0.15) is 35.1 Å². The van der Waals surface area contributed by atoms with E-state index in [0.29, 0.717) is 0 Å². The molecule has 0 radical (unpaired) electrons. The van der Waals surface area contributed by atoms with Crippen molar-refractivity contribution in [2.45, 2.75) is 32.7 Å². The van der Waals surface area contributed by atoms with Crippen LogP contribution >= 0.6 is 11.3 Å². The van der Waals surface area contributed by atoms with E-state index >= 15 is 0 Å². The van der Waals surface area contributed by atoms with E-state index in [9.17, 15) is 4.79 Å². The van der Waals surface area contributed by atoms with Crippen molar-refractivity contribution in [2.24, 2.45) is 0 Å². The van der Waals surface area contributed by atoms with Crippen LogP contribution in [0.5, 0.6) is 0 Å². The molecule has 5 heteroatoms. The van der Waals surface area contributed by atoms with E-state index in [-0.39, 0.29) is 5.78 Å². The molecule has 1 aliphatic heterocycles. The first-order chi connectivity index (χ1) is 8.65. The first-order valence-electron chi connectivity index (χ1n) is 6.62. The van der Waals surface area contributed by atoms with E-state index in [4.69, 9.17) is 0 Å². The molecule has 0 bridgehead atoms. The summed E-state index contributed by atoms with van der Waals surface area (Å²) in [5.74, 6) is 0.132. The zero-order chi connectivity index (χ0) is 12.7. The maximum Gasteiger partial charge on any atom is 0.186 e. The average molecular weight is 265 g/mol. The second kappa shape index (κ2) is 4.63. The van der Waals surface area contributed by atoms with Gasteiger partial charge in [0.15, 0.2) is 10.9 Å². The molecule has 3 rings (SSSR count). The maximum atomic E-state index is 11.5. The number of carbonyl (C=O) groups is 1. The largest absolute Gasteiger partial charge is 0.346 e. The van der Waals surface area contributed by atoms with Crippen LogP contribution in [0.25, 0.3) is 0 Å². The molecule has 2 heterocycles. The molecular weight excluding hydrogens is 246 g/mol. The molecule has 1 aromatic heterocycles. The van der Waals surface area contributed by atoms with E-state index in [1.54, 1.807) is 18.3 Å². The highest BCUT2D eigenvalue weighted by atomic mass is 32.1. The Labute approximate surface area is 112 Å². The standard InChI is InChI=1S/C13H19N3OS/c1-9-12(10(2)17)18-13(14-9)16-7-5-15(6-8-16)11-3-4-11/h11H,3-8H2,1-2H3. The molecule has 4 nitrogen and oxygen atoms in total. The van der Waals surface area contributed by atoms with Gasteiger partial charge in [0.1, 0.15) is 0 Å². The van der Waals surface area contributed by atoms with Gasteiger partial charge in [-0.1, -0.05) is 11.3 Å². The molecule has 0 amide bonds. The van der Waals surface area contributed by atoms with E-state index in [2.05, 4.69) is 14.8 Å². The fourth-order valence-electron chi connectivity index (χ4n) is 2.56. The van der Waals surface area contributed by atoms with Gasteiger partial charge in [-0.05, 0) is 19.8 Å².